The second-order valence-corrected chi connectivity index (χ2v) is 11.3. The first-order valence-electron chi connectivity index (χ1n) is 11.4. The van der Waals surface area contributed by atoms with Crippen LogP contribution in [0.15, 0.2) is 0 Å². The molecule has 0 aromatic rings. The van der Waals surface area contributed by atoms with Crippen LogP contribution < -0.4 is 0 Å². The molecule has 0 N–H and O–H groups in total. The lowest BCUT2D eigenvalue weighted by atomic mass is 10.0. The van der Waals surface area contributed by atoms with E-state index < -0.39 is 38.9 Å². The van der Waals surface area contributed by atoms with Gasteiger partial charge in [0.25, 0.3) is 20.2 Å². The minimum atomic E-state index is -3.85. The molecule has 0 fully saturated rings. The summed E-state index contributed by atoms with van der Waals surface area (Å²) < 4.78 is 58.9. The Morgan fingerprint density at radius 2 is 1.13 bits per heavy atom. The van der Waals surface area contributed by atoms with Crippen molar-refractivity contribution in [2.75, 3.05) is 25.7 Å². The number of unbranched alkanes of at least 4 members (excludes halogenated alkanes) is 12. The molecular weight excluding hydrogens is 444 g/mol. The van der Waals surface area contributed by atoms with Crippen molar-refractivity contribution in [3.05, 3.63) is 0 Å². The largest absolute Gasteiger partial charge is 0.463 e. The topological polar surface area (TPSA) is 113 Å². The molecule has 0 aliphatic carbocycles. The predicted octanol–water partition coefficient (Wildman–Crippen LogP) is 4.33. The van der Waals surface area contributed by atoms with E-state index in [4.69, 9.17) is 8.92 Å². The molecule has 0 bridgehead atoms. The summed E-state index contributed by atoms with van der Waals surface area (Å²) in [5, 5.41) is 0. The first-order valence-corrected chi connectivity index (χ1v) is 15.0. The van der Waals surface area contributed by atoms with E-state index in [0.717, 1.165) is 31.8 Å². The number of esters is 1. The molecule has 0 aromatic carbocycles. The molecule has 0 spiro atoms. The summed E-state index contributed by atoms with van der Waals surface area (Å²) in [7, 11) is -7.61. The number of hydrogen-bond donors (Lipinski definition) is 0. The molecule has 8 nitrogen and oxygen atoms in total. The quantitative estimate of drug-likeness (QED) is 0.134. The Labute approximate surface area is 189 Å². The van der Waals surface area contributed by atoms with Gasteiger partial charge in [-0.2, -0.15) is 16.8 Å². The molecule has 10 heteroatoms. The first kappa shape index (κ1) is 30.3. The molecule has 186 valence electrons. The van der Waals surface area contributed by atoms with Gasteiger partial charge in [0.15, 0.2) is 0 Å². The number of ether oxygens (including phenoxy) is 1. The Morgan fingerprint density at radius 3 is 1.55 bits per heavy atom. The average molecular weight is 487 g/mol. The van der Waals surface area contributed by atoms with E-state index >= 15 is 0 Å². The van der Waals surface area contributed by atoms with Crippen molar-refractivity contribution in [1.82, 2.24) is 0 Å². The Bertz CT molecular complexity index is 659. The van der Waals surface area contributed by atoms with Crippen molar-refractivity contribution >= 4 is 26.2 Å². The van der Waals surface area contributed by atoms with Crippen LogP contribution in [0.1, 0.15) is 96.8 Å². The van der Waals surface area contributed by atoms with Crippen LogP contribution in [-0.2, 0) is 38.1 Å². The molecule has 31 heavy (non-hydrogen) atoms. The van der Waals surface area contributed by atoms with Crippen LogP contribution in [0.2, 0.25) is 0 Å². The molecular formula is C21H42O8S2. The molecule has 0 amide bonds. The second kappa shape index (κ2) is 17.8. The molecule has 0 saturated carbocycles. The zero-order chi connectivity index (χ0) is 23.6. The molecule has 0 unspecified atom stereocenters. The van der Waals surface area contributed by atoms with Crippen molar-refractivity contribution in [2.45, 2.75) is 103 Å². The summed E-state index contributed by atoms with van der Waals surface area (Å²) in [5.74, 6) is -0.468. The Balaban J connectivity index is 3.78. The number of carbonyl (C=O) groups is 1. The van der Waals surface area contributed by atoms with E-state index in [9.17, 15) is 21.6 Å². The lowest BCUT2D eigenvalue weighted by Crippen LogP contribution is -2.30. The number of hydrogen-bond acceptors (Lipinski definition) is 8. The maximum absolute atomic E-state index is 11.8. The fourth-order valence-corrected chi connectivity index (χ4v) is 4.10. The Hall–Kier alpha value is -0.710. The molecule has 0 heterocycles. The monoisotopic (exact) mass is 486 g/mol. The minimum absolute atomic E-state index is 0.232. The zero-order valence-corrected chi connectivity index (χ0v) is 21.1. The van der Waals surface area contributed by atoms with Crippen molar-refractivity contribution in [3.63, 3.8) is 0 Å². The van der Waals surface area contributed by atoms with Crippen LogP contribution >= 0.6 is 0 Å². The smallest absolute Gasteiger partial charge is 0.305 e. The summed E-state index contributed by atoms with van der Waals surface area (Å²) in [6.07, 6.45) is 16.4. The maximum atomic E-state index is 11.8. The van der Waals surface area contributed by atoms with Crippen molar-refractivity contribution in [3.8, 4) is 0 Å². The maximum Gasteiger partial charge on any atom is 0.305 e. The van der Waals surface area contributed by atoms with E-state index in [-0.39, 0.29) is 13.0 Å². The third-order valence-electron chi connectivity index (χ3n) is 4.69. The van der Waals surface area contributed by atoms with Gasteiger partial charge in [0.1, 0.15) is 12.7 Å². The fraction of sp³-hybridized carbons (Fsp3) is 0.952. The molecule has 0 aliphatic heterocycles. The van der Waals surface area contributed by atoms with Gasteiger partial charge in [-0.05, 0) is 6.42 Å². The fourth-order valence-electron chi connectivity index (χ4n) is 3.10. The summed E-state index contributed by atoms with van der Waals surface area (Å²) in [6, 6.07) is 0. The van der Waals surface area contributed by atoms with E-state index in [0.29, 0.717) is 6.42 Å². The highest BCUT2D eigenvalue weighted by atomic mass is 32.2. The Morgan fingerprint density at radius 1 is 0.677 bits per heavy atom. The molecule has 0 rings (SSSR count). The zero-order valence-electron chi connectivity index (χ0n) is 19.5. The van der Waals surface area contributed by atoms with Crippen LogP contribution in [-0.4, -0.2) is 54.6 Å². The van der Waals surface area contributed by atoms with Crippen molar-refractivity contribution in [2.24, 2.45) is 0 Å². The van der Waals surface area contributed by atoms with Gasteiger partial charge in [-0.15, -0.1) is 0 Å². The van der Waals surface area contributed by atoms with E-state index in [1.807, 2.05) is 0 Å². The summed E-state index contributed by atoms with van der Waals surface area (Å²) in [6.45, 7) is 1.30. The van der Waals surface area contributed by atoms with Crippen LogP contribution in [0.5, 0.6) is 0 Å². The standard InChI is InChI=1S/C21H42O8S2/c1-4-5-6-7-8-9-10-11-12-13-14-15-16-17-21(22)27-18-20(29-31(3,25)26)19-28-30(2,23)24/h20H,4-19H2,1-3H3/t20-/m1/s1. The molecule has 0 aliphatic rings. The lowest BCUT2D eigenvalue weighted by Gasteiger charge is -2.15. The van der Waals surface area contributed by atoms with Crippen LogP contribution in [0.3, 0.4) is 0 Å². The third kappa shape index (κ3) is 23.8. The van der Waals surface area contributed by atoms with Gasteiger partial charge in [0.2, 0.25) is 0 Å². The van der Waals surface area contributed by atoms with E-state index in [1.54, 1.807) is 0 Å². The minimum Gasteiger partial charge on any atom is -0.463 e. The first-order chi connectivity index (χ1) is 14.5. The van der Waals surface area contributed by atoms with Gasteiger partial charge >= 0.3 is 5.97 Å². The van der Waals surface area contributed by atoms with Crippen LogP contribution in [0.4, 0.5) is 0 Å². The highest BCUT2D eigenvalue weighted by Crippen LogP contribution is 2.13. The van der Waals surface area contributed by atoms with Gasteiger partial charge in [-0.1, -0.05) is 84.0 Å². The summed E-state index contributed by atoms with van der Waals surface area (Å²) in [4.78, 5) is 11.8. The van der Waals surface area contributed by atoms with E-state index in [2.05, 4.69) is 11.1 Å². The molecule has 0 aromatic heterocycles. The van der Waals surface area contributed by atoms with Gasteiger partial charge < -0.3 is 4.74 Å². The number of rotatable bonds is 21. The lowest BCUT2D eigenvalue weighted by molar-refractivity contribution is -0.146. The molecule has 0 radical (unpaired) electrons. The highest BCUT2D eigenvalue weighted by molar-refractivity contribution is 7.86. The van der Waals surface area contributed by atoms with E-state index in [1.165, 1.54) is 57.8 Å². The molecule has 0 saturated heterocycles. The third-order valence-corrected chi connectivity index (χ3v) is 5.88. The second-order valence-electron chi connectivity index (χ2n) is 8.09. The highest BCUT2D eigenvalue weighted by Gasteiger charge is 2.20. The summed E-state index contributed by atoms with van der Waals surface area (Å²) in [5.41, 5.74) is 0. The summed E-state index contributed by atoms with van der Waals surface area (Å²) >= 11 is 0. The molecule has 1 atom stereocenters. The van der Waals surface area contributed by atoms with Crippen LogP contribution in [0, 0.1) is 0 Å². The predicted molar refractivity (Wildman–Crippen MR) is 122 cm³/mol. The SMILES string of the molecule is CCCCCCCCCCCCCCCC(=O)OC[C@H](COS(C)(=O)=O)OS(C)(=O)=O. The Kier molecular flexibility index (Phi) is 17.4. The average Bonchev–Trinajstić information content (AvgIpc) is 2.66. The van der Waals surface area contributed by atoms with Gasteiger partial charge in [-0.3, -0.25) is 13.2 Å². The van der Waals surface area contributed by atoms with Crippen molar-refractivity contribution < 1.29 is 34.7 Å². The van der Waals surface area contributed by atoms with Gasteiger partial charge in [0.05, 0.1) is 19.1 Å². The van der Waals surface area contributed by atoms with Crippen LogP contribution in [0.25, 0.3) is 0 Å². The van der Waals surface area contributed by atoms with Gasteiger partial charge in [0, 0.05) is 6.42 Å². The normalized spacial score (nSPS) is 13.3. The van der Waals surface area contributed by atoms with Gasteiger partial charge in [-0.25, -0.2) is 0 Å². The number of carbonyl (C=O) groups excluding carboxylic acids is 1. The van der Waals surface area contributed by atoms with Crippen molar-refractivity contribution in [1.29, 1.82) is 0 Å².